The van der Waals surface area contributed by atoms with Crippen LogP contribution < -0.4 is 11.2 Å². The molecule has 0 saturated heterocycles. The Balaban J connectivity index is 2.01. The Kier molecular flexibility index (Phi) is 3.93. The van der Waals surface area contributed by atoms with Gasteiger partial charge >= 0.3 is 5.69 Å². The predicted octanol–water partition coefficient (Wildman–Crippen LogP) is 2.70. The Bertz CT molecular complexity index is 980. The Labute approximate surface area is 132 Å². The van der Waals surface area contributed by atoms with Gasteiger partial charge in [-0.2, -0.15) is 5.10 Å². The van der Waals surface area contributed by atoms with E-state index in [0.717, 1.165) is 10.2 Å². The number of rotatable bonds is 3. The number of hydrogen-bond donors (Lipinski definition) is 1. The molecule has 3 aromatic rings. The molecule has 0 saturated carbocycles. The second-order valence-corrected chi connectivity index (χ2v) is 5.66. The minimum Gasteiger partial charge on any atom is -0.305 e. The number of nitrogens with zero attached hydrogens (tertiary/aromatic N) is 2. The van der Waals surface area contributed by atoms with E-state index in [2.05, 4.69) is 23.9 Å². The first kappa shape index (κ1) is 15.0. The molecule has 1 aromatic heterocycles. The summed E-state index contributed by atoms with van der Waals surface area (Å²) in [7, 11) is 0. The van der Waals surface area contributed by atoms with E-state index < -0.39 is 11.2 Å². The van der Waals surface area contributed by atoms with Crippen LogP contribution in [0.1, 0.15) is 30.9 Å². The molecule has 23 heavy (non-hydrogen) atoms. The van der Waals surface area contributed by atoms with Crippen LogP contribution in [0.15, 0.2) is 63.2 Å². The Morgan fingerprint density at radius 1 is 1.04 bits per heavy atom. The minimum absolute atomic E-state index is 0.430. The Morgan fingerprint density at radius 3 is 2.43 bits per heavy atom. The van der Waals surface area contributed by atoms with Gasteiger partial charge in [-0.1, -0.05) is 50.2 Å². The minimum atomic E-state index is -0.552. The van der Waals surface area contributed by atoms with E-state index in [1.807, 2.05) is 24.3 Å². The summed E-state index contributed by atoms with van der Waals surface area (Å²) in [6.07, 6.45) is 1.51. The van der Waals surface area contributed by atoms with Gasteiger partial charge in [-0.15, -0.1) is 4.68 Å². The first-order valence-electron chi connectivity index (χ1n) is 7.44. The number of para-hydroxylation sites is 1. The van der Waals surface area contributed by atoms with E-state index in [-0.39, 0.29) is 0 Å². The molecule has 5 heteroatoms. The van der Waals surface area contributed by atoms with Crippen molar-refractivity contribution < 1.29 is 0 Å². The largest absolute Gasteiger partial charge is 0.349 e. The fourth-order valence-electron chi connectivity index (χ4n) is 2.35. The van der Waals surface area contributed by atoms with Crippen LogP contribution in [0, 0.1) is 0 Å². The predicted molar refractivity (Wildman–Crippen MR) is 92.4 cm³/mol. The number of fused-ring (bicyclic) bond motifs is 1. The molecule has 0 fully saturated rings. The highest BCUT2D eigenvalue weighted by molar-refractivity contribution is 5.80. The molecule has 3 rings (SSSR count). The SMILES string of the molecule is CC(C)c1ccc(C=Nn2c(=O)[nH]c3ccccc3c2=O)cc1. The maximum atomic E-state index is 12.3. The lowest BCUT2D eigenvalue weighted by Crippen LogP contribution is -2.32. The maximum Gasteiger partial charge on any atom is 0.349 e. The standard InChI is InChI=1S/C18H17N3O2/c1-12(2)14-9-7-13(8-10-14)11-19-21-17(22)15-5-3-4-6-16(15)20-18(21)23/h3-12H,1-2H3,(H,20,23). The number of aromatic amines is 1. The van der Waals surface area contributed by atoms with Crippen molar-refractivity contribution in [3.05, 3.63) is 80.5 Å². The summed E-state index contributed by atoms with van der Waals surface area (Å²) >= 11 is 0. The number of benzene rings is 2. The molecule has 116 valence electrons. The van der Waals surface area contributed by atoms with Gasteiger partial charge in [0.2, 0.25) is 0 Å². The molecule has 0 amide bonds. The monoisotopic (exact) mass is 307 g/mol. The molecular formula is C18H17N3O2. The van der Waals surface area contributed by atoms with Gasteiger partial charge in [0.1, 0.15) is 0 Å². The van der Waals surface area contributed by atoms with Crippen molar-refractivity contribution in [2.24, 2.45) is 5.10 Å². The van der Waals surface area contributed by atoms with Crippen LogP contribution in [-0.2, 0) is 0 Å². The maximum absolute atomic E-state index is 12.3. The Morgan fingerprint density at radius 2 is 1.74 bits per heavy atom. The lowest BCUT2D eigenvalue weighted by molar-refractivity contribution is 0.771. The van der Waals surface area contributed by atoms with Gasteiger partial charge < -0.3 is 4.98 Å². The summed E-state index contributed by atoms with van der Waals surface area (Å²) in [4.78, 5) is 27.0. The van der Waals surface area contributed by atoms with Gasteiger partial charge in [-0.05, 0) is 29.2 Å². The van der Waals surface area contributed by atoms with Crippen LogP contribution >= 0.6 is 0 Å². The molecule has 0 radical (unpaired) electrons. The van der Waals surface area contributed by atoms with Crippen molar-refractivity contribution in [1.29, 1.82) is 0 Å². The van der Waals surface area contributed by atoms with Crippen LogP contribution in [0.4, 0.5) is 0 Å². The van der Waals surface area contributed by atoms with Crippen LogP contribution in [0.5, 0.6) is 0 Å². The highest BCUT2D eigenvalue weighted by Crippen LogP contribution is 2.13. The topological polar surface area (TPSA) is 67.2 Å². The van der Waals surface area contributed by atoms with Gasteiger partial charge in [-0.25, -0.2) is 4.79 Å². The second-order valence-electron chi connectivity index (χ2n) is 5.66. The molecular weight excluding hydrogens is 290 g/mol. The summed E-state index contributed by atoms with van der Waals surface area (Å²) in [6.45, 7) is 4.24. The zero-order chi connectivity index (χ0) is 16.4. The average molecular weight is 307 g/mol. The summed E-state index contributed by atoms with van der Waals surface area (Å²) in [5, 5.41) is 4.47. The molecule has 5 nitrogen and oxygen atoms in total. The summed E-state index contributed by atoms with van der Waals surface area (Å²) in [5.41, 5.74) is 1.58. The van der Waals surface area contributed by atoms with Crippen molar-refractivity contribution in [2.75, 3.05) is 0 Å². The molecule has 2 aromatic carbocycles. The lowest BCUT2D eigenvalue weighted by atomic mass is 10.0. The lowest BCUT2D eigenvalue weighted by Gasteiger charge is -2.04. The summed E-state index contributed by atoms with van der Waals surface area (Å²) in [6, 6.07) is 14.7. The van der Waals surface area contributed by atoms with Gasteiger partial charge in [0.15, 0.2) is 0 Å². The molecule has 1 N–H and O–H groups in total. The Hall–Kier alpha value is -2.95. The molecule has 0 atom stereocenters. The normalized spacial score (nSPS) is 11.6. The van der Waals surface area contributed by atoms with Crippen LogP contribution in [-0.4, -0.2) is 15.9 Å². The fraction of sp³-hybridized carbons (Fsp3) is 0.167. The first-order valence-corrected chi connectivity index (χ1v) is 7.44. The zero-order valence-corrected chi connectivity index (χ0v) is 13.0. The smallest absolute Gasteiger partial charge is 0.305 e. The van der Waals surface area contributed by atoms with Crippen molar-refractivity contribution in [3.8, 4) is 0 Å². The summed E-state index contributed by atoms with van der Waals surface area (Å²) < 4.78 is 0.846. The van der Waals surface area contributed by atoms with Crippen molar-refractivity contribution in [2.45, 2.75) is 19.8 Å². The fourth-order valence-corrected chi connectivity index (χ4v) is 2.35. The van der Waals surface area contributed by atoms with E-state index in [1.165, 1.54) is 11.8 Å². The highest BCUT2D eigenvalue weighted by atomic mass is 16.2. The number of H-pyrrole nitrogens is 1. The van der Waals surface area contributed by atoms with Gasteiger partial charge in [0, 0.05) is 0 Å². The average Bonchev–Trinajstić information content (AvgIpc) is 2.55. The van der Waals surface area contributed by atoms with Gasteiger partial charge in [0.25, 0.3) is 5.56 Å². The molecule has 0 bridgehead atoms. The first-order chi connectivity index (χ1) is 11.1. The van der Waals surface area contributed by atoms with Gasteiger partial charge in [0.05, 0.1) is 17.1 Å². The molecule has 0 aliphatic carbocycles. The van der Waals surface area contributed by atoms with E-state index in [1.54, 1.807) is 24.3 Å². The van der Waals surface area contributed by atoms with E-state index in [0.29, 0.717) is 16.8 Å². The van der Waals surface area contributed by atoms with Crippen LogP contribution in [0.25, 0.3) is 10.9 Å². The zero-order valence-electron chi connectivity index (χ0n) is 13.0. The van der Waals surface area contributed by atoms with E-state index in [4.69, 9.17) is 0 Å². The van der Waals surface area contributed by atoms with Crippen molar-refractivity contribution in [3.63, 3.8) is 0 Å². The van der Waals surface area contributed by atoms with Crippen LogP contribution in [0.3, 0.4) is 0 Å². The van der Waals surface area contributed by atoms with Crippen LogP contribution in [0.2, 0.25) is 0 Å². The molecule has 0 unspecified atom stereocenters. The van der Waals surface area contributed by atoms with Crippen molar-refractivity contribution in [1.82, 2.24) is 9.66 Å². The number of aromatic nitrogens is 2. The molecule has 0 aliphatic heterocycles. The van der Waals surface area contributed by atoms with Crippen molar-refractivity contribution >= 4 is 17.1 Å². The number of hydrogen-bond acceptors (Lipinski definition) is 3. The third-order valence-corrected chi connectivity index (χ3v) is 3.71. The van der Waals surface area contributed by atoms with Gasteiger partial charge in [-0.3, -0.25) is 4.79 Å². The third kappa shape index (κ3) is 2.99. The number of nitrogens with one attached hydrogen (secondary N) is 1. The molecule has 0 spiro atoms. The second kappa shape index (κ2) is 6.04. The third-order valence-electron chi connectivity index (χ3n) is 3.71. The molecule has 1 heterocycles. The quantitative estimate of drug-likeness (QED) is 0.756. The summed E-state index contributed by atoms with van der Waals surface area (Å²) in [5.74, 6) is 0.451. The highest BCUT2D eigenvalue weighted by Gasteiger charge is 2.05. The van der Waals surface area contributed by atoms with E-state index in [9.17, 15) is 9.59 Å². The van der Waals surface area contributed by atoms with E-state index >= 15 is 0 Å². The molecule has 0 aliphatic rings.